The molecule has 5 aromatic rings. The maximum absolute atomic E-state index is 13.6. The Morgan fingerprint density at radius 1 is 0.729 bits per heavy atom. The van der Waals surface area contributed by atoms with Crippen LogP contribution in [-0.4, -0.2) is 131 Å². The van der Waals surface area contributed by atoms with E-state index in [9.17, 15) is 28.8 Å². The number of para-hydroxylation sites is 1. The highest BCUT2D eigenvalue weighted by Gasteiger charge is 2.45. The number of carbonyl (C=O) groups is 6. The molecule has 1 unspecified atom stereocenters. The van der Waals surface area contributed by atoms with Crippen LogP contribution in [0, 0.1) is 11.8 Å². The zero-order valence-corrected chi connectivity index (χ0v) is 38.9. The Labute approximate surface area is 405 Å². The highest BCUT2D eigenvalue weighted by atomic mass is 16.5. The standard InChI is InChI=1S/C53H56N10O7/c54-49(66)47-48(36-8-13-40(14-9-36)70-39-4-2-1-3-5-39)57-63-43(18-21-55-50(47)63)35-19-22-60(23-20-35)46(65)28-33-6-10-37(11-7-33)61-31-34(32-61)30-58-24-26-59(27-25-58)38-12-15-41-42(29-38)53(69)62(52(41)68)44-16-17-45(64)56-51(44)67/h1-15,29,34-35,43-44,55H,16-28,30-32H2,(H2,54,66)(H,56,64,67)/t43-,44?/m0/s1. The van der Waals surface area contributed by atoms with E-state index in [1.165, 1.54) is 0 Å². The van der Waals surface area contributed by atoms with Gasteiger partial charge in [-0.2, -0.15) is 5.10 Å². The maximum Gasteiger partial charge on any atom is 0.262 e. The lowest BCUT2D eigenvalue weighted by molar-refractivity contribution is -0.136. The van der Waals surface area contributed by atoms with E-state index in [0.717, 1.165) is 98.2 Å². The minimum absolute atomic E-state index is 0.0779. The average molecular weight is 945 g/mol. The van der Waals surface area contributed by atoms with Crippen LogP contribution in [0.25, 0.3) is 11.3 Å². The van der Waals surface area contributed by atoms with Crippen LogP contribution in [0.3, 0.4) is 0 Å². The second kappa shape index (κ2) is 18.8. The molecule has 6 aliphatic heterocycles. The predicted octanol–water partition coefficient (Wildman–Crippen LogP) is 4.94. The number of nitrogens with one attached hydrogen (secondary N) is 2. The number of nitrogens with two attached hydrogens (primary N) is 1. The zero-order chi connectivity index (χ0) is 48.0. The molecule has 6 aliphatic rings. The number of piperazine rings is 1. The molecule has 0 aliphatic carbocycles. The Balaban J connectivity index is 0.629. The molecule has 17 nitrogen and oxygen atoms in total. The fourth-order valence-corrected chi connectivity index (χ4v) is 11.2. The number of ether oxygens (including phenoxy) is 1. The third kappa shape index (κ3) is 8.74. The van der Waals surface area contributed by atoms with E-state index < -0.39 is 35.6 Å². The smallest absolute Gasteiger partial charge is 0.262 e. The highest BCUT2D eigenvalue weighted by Crippen LogP contribution is 2.41. The van der Waals surface area contributed by atoms with Crippen molar-refractivity contribution in [1.29, 1.82) is 0 Å². The van der Waals surface area contributed by atoms with Crippen molar-refractivity contribution in [2.24, 2.45) is 17.6 Å². The van der Waals surface area contributed by atoms with Crippen molar-refractivity contribution in [3.63, 3.8) is 0 Å². The Bertz CT molecular complexity index is 2850. The van der Waals surface area contributed by atoms with Gasteiger partial charge in [0.15, 0.2) is 0 Å². The molecule has 4 saturated heterocycles. The van der Waals surface area contributed by atoms with Crippen molar-refractivity contribution in [2.75, 3.05) is 80.6 Å². The number of piperidine rings is 2. The van der Waals surface area contributed by atoms with Crippen LogP contribution < -0.4 is 30.9 Å². The lowest BCUT2D eigenvalue weighted by Crippen LogP contribution is -2.55. The molecule has 4 aromatic carbocycles. The van der Waals surface area contributed by atoms with Gasteiger partial charge in [-0.1, -0.05) is 30.3 Å². The van der Waals surface area contributed by atoms with Gasteiger partial charge >= 0.3 is 0 Å². The summed E-state index contributed by atoms with van der Waals surface area (Å²) >= 11 is 0. The lowest BCUT2D eigenvalue weighted by atomic mass is 9.86. The second-order valence-electron chi connectivity index (χ2n) is 19.4. The number of likely N-dealkylation sites (tertiary alicyclic amines) is 1. The molecule has 4 fully saturated rings. The number of carbonyl (C=O) groups excluding carboxylic acids is 6. The van der Waals surface area contributed by atoms with Gasteiger partial charge in [-0.3, -0.25) is 43.9 Å². The van der Waals surface area contributed by atoms with Gasteiger partial charge in [-0.05, 0) is 104 Å². The zero-order valence-electron chi connectivity index (χ0n) is 38.9. The van der Waals surface area contributed by atoms with Crippen molar-refractivity contribution in [3.05, 3.63) is 119 Å². The summed E-state index contributed by atoms with van der Waals surface area (Å²) in [4.78, 5) is 87.3. The largest absolute Gasteiger partial charge is 0.457 e. The van der Waals surface area contributed by atoms with E-state index in [0.29, 0.717) is 71.8 Å². The van der Waals surface area contributed by atoms with Crippen molar-refractivity contribution in [2.45, 2.75) is 50.6 Å². The van der Waals surface area contributed by atoms with Gasteiger partial charge in [0.2, 0.25) is 17.7 Å². The number of aromatic nitrogens is 2. The van der Waals surface area contributed by atoms with E-state index in [2.05, 4.69) is 49.6 Å². The topological polar surface area (TPSA) is 196 Å². The molecule has 4 N–H and O–H groups in total. The fourth-order valence-electron chi connectivity index (χ4n) is 11.2. The molecule has 0 bridgehead atoms. The second-order valence-corrected chi connectivity index (χ2v) is 19.4. The first-order valence-corrected chi connectivity index (χ1v) is 24.5. The van der Waals surface area contributed by atoms with Crippen LogP contribution in [0.1, 0.15) is 74.8 Å². The summed E-state index contributed by atoms with van der Waals surface area (Å²) in [5, 5.41) is 10.7. The fraction of sp³-hybridized carbons (Fsp3) is 0.377. The number of hydrogen-bond donors (Lipinski definition) is 3. The summed E-state index contributed by atoms with van der Waals surface area (Å²) in [6.07, 6.45) is 3.14. The molecule has 0 saturated carbocycles. The van der Waals surface area contributed by atoms with Gasteiger partial charge in [-0.15, -0.1) is 0 Å². The molecule has 0 radical (unpaired) electrons. The molecule has 0 spiro atoms. The Morgan fingerprint density at radius 3 is 2.14 bits per heavy atom. The monoisotopic (exact) mass is 944 g/mol. The first-order valence-electron chi connectivity index (χ1n) is 24.5. The maximum atomic E-state index is 13.6. The Hall–Kier alpha value is -7.53. The molecule has 360 valence electrons. The number of nitrogens with zero attached hydrogens (tertiary/aromatic N) is 7. The molecule has 1 aromatic heterocycles. The summed E-state index contributed by atoms with van der Waals surface area (Å²) in [6.45, 7) is 8.35. The van der Waals surface area contributed by atoms with Gasteiger partial charge in [-0.25, -0.2) is 4.68 Å². The first kappa shape index (κ1) is 44.9. The number of hydrogen-bond acceptors (Lipinski definition) is 12. The molecule has 2 atom stereocenters. The Morgan fingerprint density at radius 2 is 1.43 bits per heavy atom. The lowest BCUT2D eigenvalue weighted by Gasteiger charge is -2.45. The summed E-state index contributed by atoms with van der Waals surface area (Å²) in [7, 11) is 0. The van der Waals surface area contributed by atoms with Crippen LogP contribution in [0.15, 0.2) is 97.1 Å². The van der Waals surface area contributed by atoms with E-state index in [1.54, 1.807) is 12.1 Å². The van der Waals surface area contributed by atoms with Crippen molar-refractivity contribution < 1.29 is 33.5 Å². The van der Waals surface area contributed by atoms with E-state index in [1.807, 2.05) is 70.2 Å². The van der Waals surface area contributed by atoms with E-state index in [4.69, 9.17) is 15.6 Å². The summed E-state index contributed by atoms with van der Waals surface area (Å²) < 4.78 is 7.95. The van der Waals surface area contributed by atoms with E-state index in [-0.39, 0.29) is 24.8 Å². The van der Waals surface area contributed by atoms with Crippen LogP contribution in [-0.2, 0) is 20.8 Å². The van der Waals surface area contributed by atoms with Gasteiger partial charge in [0.25, 0.3) is 17.7 Å². The normalized spacial score (nSPS) is 21.0. The number of fused-ring (bicyclic) bond motifs is 2. The SMILES string of the molecule is NC(=O)c1c(-c2ccc(Oc3ccccc3)cc2)nn2c1NCC[C@H]2C1CCN(C(=O)Cc2ccc(N3CC(CN4CCN(c5ccc6c(c5)C(=O)N(C5CCC(=O)NC5=O)C6=O)CC4)C3)cc2)CC1. The number of rotatable bonds is 12. The highest BCUT2D eigenvalue weighted by molar-refractivity contribution is 6.23. The van der Waals surface area contributed by atoms with Gasteiger partial charge in [0.05, 0.1) is 23.6 Å². The molecular weight excluding hydrogens is 889 g/mol. The van der Waals surface area contributed by atoms with Crippen molar-refractivity contribution >= 4 is 52.6 Å². The van der Waals surface area contributed by atoms with Crippen LogP contribution in [0.5, 0.6) is 11.5 Å². The first-order chi connectivity index (χ1) is 34.0. The third-order valence-electron chi connectivity index (χ3n) is 15.0. The third-order valence-corrected chi connectivity index (χ3v) is 15.0. The number of primary amides is 1. The molecule has 70 heavy (non-hydrogen) atoms. The quantitative estimate of drug-likeness (QED) is 0.143. The van der Waals surface area contributed by atoms with E-state index >= 15 is 0 Å². The molecule has 7 heterocycles. The van der Waals surface area contributed by atoms with Gasteiger partial charge in [0, 0.05) is 94.7 Å². The van der Waals surface area contributed by atoms with Crippen LogP contribution in [0.4, 0.5) is 17.2 Å². The molecule has 11 rings (SSSR count). The van der Waals surface area contributed by atoms with Crippen LogP contribution in [0.2, 0.25) is 0 Å². The molecule has 17 heteroatoms. The minimum atomic E-state index is -0.979. The average Bonchev–Trinajstić information content (AvgIpc) is 3.88. The summed E-state index contributed by atoms with van der Waals surface area (Å²) in [5.74, 6) is 0.541. The Kier molecular flexibility index (Phi) is 12.0. The van der Waals surface area contributed by atoms with Crippen molar-refractivity contribution in [1.82, 2.24) is 29.8 Å². The van der Waals surface area contributed by atoms with Gasteiger partial charge in [0.1, 0.15) is 34.6 Å². The number of imide groups is 2. The number of amides is 6. The predicted molar refractivity (Wildman–Crippen MR) is 262 cm³/mol. The van der Waals surface area contributed by atoms with Crippen molar-refractivity contribution in [3.8, 4) is 22.8 Å². The number of benzene rings is 4. The summed E-state index contributed by atoms with van der Waals surface area (Å²) in [5.41, 5.74) is 11.3. The number of anilines is 3. The van der Waals surface area contributed by atoms with Crippen LogP contribution >= 0.6 is 0 Å². The molecular formula is C53H56N10O7. The van der Waals surface area contributed by atoms with Gasteiger partial charge < -0.3 is 30.5 Å². The molecule has 6 amide bonds. The summed E-state index contributed by atoms with van der Waals surface area (Å²) in [6, 6.07) is 29.9. The minimum Gasteiger partial charge on any atom is -0.457 e.